The molecular formula is C18H27ClO2. The monoisotopic (exact) mass is 310 g/mol. The molecule has 3 rings (SSSR count). The third kappa shape index (κ3) is 3.21. The van der Waals surface area contributed by atoms with Crippen molar-refractivity contribution in [2.75, 3.05) is 0 Å². The zero-order valence-electron chi connectivity index (χ0n) is 12.9. The predicted octanol–water partition coefficient (Wildman–Crippen LogP) is 4.67. The van der Waals surface area contributed by atoms with Gasteiger partial charge >= 0.3 is 0 Å². The van der Waals surface area contributed by atoms with Crippen LogP contribution in [0.15, 0.2) is 0 Å². The lowest BCUT2D eigenvalue weighted by atomic mass is 9.61. The molecule has 0 spiro atoms. The van der Waals surface area contributed by atoms with E-state index in [1.165, 1.54) is 57.8 Å². The van der Waals surface area contributed by atoms with Gasteiger partial charge < -0.3 is 0 Å². The smallest absolute Gasteiger partial charge is 0.158 e. The number of halogens is 1. The highest BCUT2D eigenvalue weighted by molar-refractivity contribution is 6.42. The van der Waals surface area contributed by atoms with E-state index in [0.29, 0.717) is 18.8 Å². The molecule has 0 saturated heterocycles. The van der Waals surface area contributed by atoms with Gasteiger partial charge in [0, 0.05) is 12.8 Å². The maximum absolute atomic E-state index is 12.2. The minimum atomic E-state index is -0.856. The fraction of sp³-hybridized carbons (Fsp3) is 0.889. The van der Waals surface area contributed by atoms with E-state index < -0.39 is 5.38 Å². The standard InChI is InChI=1S/C18H27ClO2/c19-17-15(20)11-18(12-16(17)21,14-7-3-4-8-14)10-9-13-5-1-2-6-13/h13-14,17H,1-12H2. The molecule has 21 heavy (non-hydrogen) atoms. The van der Waals surface area contributed by atoms with Gasteiger partial charge in [0.15, 0.2) is 16.9 Å². The van der Waals surface area contributed by atoms with Gasteiger partial charge in [-0.05, 0) is 42.9 Å². The quantitative estimate of drug-likeness (QED) is 0.558. The Morgan fingerprint density at radius 3 is 2.00 bits per heavy atom. The average molecular weight is 311 g/mol. The van der Waals surface area contributed by atoms with Gasteiger partial charge in [0.25, 0.3) is 0 Å². The van der Waals surface area contributed by atoms with E-state index in [9.17, 15) is 9.59 Å². The molecule has 0 bridgehead atoms. The molecule has 0 atom stereocenters. The van der Waals surface area contributed by atoms with E-state index in [-0.39, 0.29) is 17.0 Å². The van der Waals surface area contributed by atoms with Crippen molar-refractivity contribution in [2.45, 2.75) is 82.4 Å². The zero-order chi connectivity index (χ0) is 14.9. The van der Waals surface area contributed by atoms with Crippen LogP contribution in [-0.2, 0) is 9.59 Å². The second-order valence-corrected chi connectivity index (χ2v) is 8.12. The number of hydrogen-bond acceptors (Lipinski definition) is 2. The van der Waals surface area contributed by atoms with Crippen LogP contribution in [0.1, 0.15) is 77.0 Å². The Labute approximate surface area is 133 Å². The van der Waals surface area contributed by atoms with Crippen LogP contribution in [0.2, 0.25) is 0 Å². The molecule has 3 saturated carbocycles. The topological polar surface area (TPSA) is 34.1 Å². The molecule has 3 heteroatoms. The average Bonchev–Trinajstić information content (AvgIpc) is 3.15. The molecule has 3 aliphatic rings. The highest BCUT2D eigenvalue weighted by atomic mass is 35.5. The number of hydrogen-bond donors (Lipinski definition) is 0. The van der Waals surface area contributed by atoms with Crippen LogP contribution in [0, 0.1) is 17.3 Å². The van der Waals surface area contributed by atoms with Crippen molar-refractivity contribution in [1.82, 2.24) is 0 Å². The molecule has 0 aromatic heterocycles. The molecule has 0 aliphatic heterocycles. The maximum Gasteiger partial charge on any atom is 0.158 e. The Morgan fingerprint density at radius 2 is 1.43 bits per heavy atom. The van der Waals surface area contributed by atoms with Gasteiger partial charge in [-0.1, -0.05) is 38.5 Å². The first-order valence-corrected chi connectivity index (χ1v) is 9.24. The summed E-state index contributed by atoms with van der Waals surface area (Å²) in [4.78, 5) is 24.4. The molecule has 118 valence electrons. The van der Waals surface area contributed by atoms with Crippen LogP contribution in [0.5, 0.6) is 0 Å². The van der Waals surface area contributed by atoms with Crippen LogP contribution in [-0.4, -0.2) is 16.9 Å². The molecule has 0 aromatic carbocycles. The summed E-state index contributed by atoms with van der Waals surface area (Å²) in [6.07, 6.45) is 13.8. The number of Topliss-reactive ketones (excluding diaryl/α,β-unsaturated/α-hetero) is 2. The molecule has 0 radical (unpaired) electrons. The van der Waals surface area contributed by atoms with Gasteiger partial charge in [0.1, 0.15) is 0 Å². The van der Waals surface area contributed by atoms with Crippen LogP contribution in [0.3, 0.4) is 0 Å². The Balaban J connectivity index is 1.74. The lowest BCUT2D eigenvalue weighted by molar-refractivity contribution is -0.136. The van der Waals surface area contributed by atoms with Crippen molar-refractivity contribution >= 4 is 23.2 Å². The number of alkyl halides is 1. The van der Waals surface area contributed by atoms with Crippen molar-refractivity contribution in [3.05, 3.63) is 0 Å². The normalized spacial score (nSPS) is 35.8. The van der Waals surface area contributed by atoms with Gasteiger partial charge in [-0.15, -0.1) is 11.6 Å². The highest BCUT2D eigenvalue weighted by Gasteiger charge is 2.49. The first-order valence-electron chi connectivity index (χ1n) is 8.80. The Morgan fingerprint density at radius 1 is 0.905 bits per heavy atom. The summed E-state index contributed by atoms with van der Waals surface area (Å²) < 4.78 is 0. The molecule has 2 nitrogen and oxygen atoms in total. The largest absolute Gasteiger partial charge is 0.298 e. The summed E-state index contributed by atoms with van der Waals surface area (Å²) >= 11 is 5.98. The molecule has 0 N–H and O–H groups in total. The summed E-state index contributed by atoms with van der Waals surface area (Å²) in [5.74, 6) is 1.40. The first kappa shape index (κ1) is 15.5. The Hall–Kier alpha value is -0.370. The Bertz CT molecular complexity index is 387. The zero-order valence-corrected chi connectivity index (χ0v) is 13.7. The van der Waals surface area contributed by atoms with E-state index in [0.717, 1.165) is 12.3 Å². The van der Waals surface area contributed by atoms with Crippen LogP contribution in [0.25, 0.3) is 0 Å². The van der Waals surface area contributed by atoms with Gasteiger partial charge in [-0.3, -0.25) is 9.59 Å². The van der Waals surface area contributed by atoms with E-state index in [1.807, 2.05) is 0 Å². The second-order valence-electron chi connectivity index (χ2n) is 7.68. The fourth-order valence-corrected chi connectivity index (χ4v) is 5.27. The summed E-state index contributed by atoms with van der Waals surface area (Å²) in [5.41, 5.74) is -0.0430. The molecule has 0 heterocycles. The van der Waals surface area contributed by atoms with Gasteiger partial charge in [0.2, 0.25) is 0 Å². The Kier molecular flexibility index (Phi) is 4.73. The lowest BCUT2D eigenvalue weighted by Gasteiger charge is -2.42. The second kappa shape index (κ2) is 6.40. The first-order chi connectivity index (χ1) is 10.1. The molecular weight excluding hydrogens is 284 g/mol. The number of ketones is 2. The highest BCUT2D eigenvalue weighted by Crippen LogP contribution is 2.52. The van der Waals surface area contributed by atoms with E-state index >= 15 is 0 Å². The van der Waals surface area contributed by atoms with Crippen molar-refractivity contribution in [3.8, 4) is 0 Å². The van der Waals surface area contributed by atoms with Gasteiger partial charge in [-0.25, -0.2) is 0 Å². The van der Waals surface area contributed by atoms with Crippen LogP contribution < -0.4 is 0 Å². The summed E-state index contributed by atoms with van der Waals surface area (Å²) in [5, 5.41) is -0.856. The number of carbonyl (C=O) groups is 2. The van der Waals surface area contributed by atoms with Crippen molar-refractivity contribution in [1.29, 1.82) is 0 Å². The van der Waals surface area contributed by atoms with Crippen molar-refractivity contribution in [2.24, 2.45) is 17.3 Å². The summed E-state index contributed by atoms with van der Waals surface area (Å²) in [6.45, 7) is 0. The summed E-state index contributed by atoms with van der Waals surface area (Å²) in [7, 11) is 0. The van der Waals surface area contributed by atoms with Crippen LogP contribution >= 0.6 is 11.6 Å². The predicted molar refractivity (Wildman–Crippen MR) is 84.5 cm³/mol. The van der Waals surface area contributed by atoms with Gasteiger partial charge in [0.05, 0.1) is 0 Å². The third-order valence-electron chi connectivity index (χ3n) is 6.36. The summed E-state index contributed by atoms with van der Waals surface area (Å²) in [6, 6.07) is 0. The van der Waals surface area contributed by atoms with E-state index in [2.05, 4.69) is 0 Å². The molecule has 0 aromatic rings. The SMILES string of the molecule is O=C1CC(CCC2CCCC2)(C2CCCC2)CC(=O)C1Cl. The lowest BCUT2D eigenvalue weighted by Crippen LogP contribution is -2.45. The molecule has 0 amide bonds. The number of rotatable bonds is 4. The number of carbonyl (C=O) groups excluding carboxylic acids is 2. The van der Waals surface area contributed by atoms with Crippen LogP contribution in [0.4, 0.5) is 0 Å². The molecule has 0 unspecified atom stereocenters. The minimum absolute atomic E-state index is 0.00811. The molecule has 3 fully saturated rings. The minimum Gasteiger partial charge on any atom is -0.298 e. The maximum atomic E-state index is 12.2. The van der Waals surface area contributed by atoms with Gasteiger partial charge in [-0.2, -0.15) is 0 Å². The van der Waals surface area contributed by atoms with E-state index in [4.69, 9.17) is 11.6 Å². The van der Waals surface area contributed by atoms with Crippen molar-refractivity contribution in [3.63, 3.8) is 0 Å². The van der Waals surface area contributed by atoms with Crippen molar-refractivity contribution < 1.29 is 9.59 Å². The third-order valence-corrected chi connectivity index (χ3v) is 6.85. The molecule has 3 aliphatic carbocycles. The fourth-order valence-electron chi connectivity index (χ4n) is 5.11. The van der Waals surface area contributed by atoms with E-state index in [1.54, 1.807) is 0 Å².